The van der Waals surface area contributed by atoms with Gasteiger partial charge in [-0.2, -0.15) is 0 Å². The Hall–Kier alpha value is -1.04. The average Bonchev–Trinajstić information content (AvgIpc) is 2.42. The summed E-state index contributed by atoms with van der Waals surface area (Å²) in [5.74, 6) is 1.37. The number of carbonyl (C=O) groups is 1. The van der Waals surface area contributed by atoms with Gasteiger partial charge in [0.25, 0.3) is 0 Å². The number of thioether (sulfide) groups is 1. The van der Waals surface area contributed by atoms with Crippen LogP contribution in [-0.2, 0) is 4.79 Å². The first-order valence-corrected chi connectivity index (χ1v) is 7.61. The maximum absolute atomic E-state index is 10.8. The molecular formula is C15H22O4S. The van der Waals surface area contributed by atoms with E-state index >= 15 is 0 Å². The molecule has 0 aliphatic carbocycles. The van der Waals surface area contributed by atoms with Gasteiger partial charge in [0, 0.05) is 12.7 Å². The van der Waals surface area contributed by atoms with E-state index in [1.807, 2.05) is 0 Å². The van der Waals surface area contributed by atoms with Gasteiger partial charge in [-0.15, -0.1) is 0 Å². The highest BCUT2D eigenvalue weighted by atomic mass is 32.2. The van der Waals surface area contributed by atoms with Gasteiger partial charge >= 0.3 is 0 Å². The highest BCUT2D eigenvalue weighted by molar-refractivity contribution is 8.13. The van der Waals surface area contributed by atoms with E-state index < -0.39 is 12.2 Å². The molecule has 0 aliphatic heterocycles. The van der Waals surface area contributed by atoms with E-state index in [4.69, 9.17) is 4.74 Å². The van der Waals surface area contributed by atoms with E-state index in [0.717, 1.165) is 17.5 Å². The Kier molecular flexibility index (Phi) is 7.05. The van der Waals surface area contributed by atoms with E-state index in [1.165, 1.54) is 6.92 Å². The van der Waals surface area contributed by atoms with Crippen molar-refractivity contribution < 1.29 is 19.7 Å². The molecule has 5 heteroatoms. The fraction of sp³-hybridized carbons (Fsp3) is 0.533. The molecule has 0 aliphatic rings. The van der Waals surface area contributed by atoms with Crippen molar-refractivity contribution in [3.05, 3.63) is 29.8 Å². The molecule has 0 spiro atoms. The summed E-state index contributed by atoms with van der Waals surface area (Å²) in [4.78, 5) is 10.8. The summed E-state index contributed by atoms with van der Waals surface area (Å²) in [6.45, 7) is 6.22. The van der Waals surface area contributed by atoms with E-state index in [1.54, 1.807) is 24.3 Å². The highest BCUT2D eigenvalue weighted by Crippen LogP contribution is 2.22. The second-order valence-corrected chi connectivity index (χ2v) is 6.29. The van der Waals surface area contributed by atoms with Crippen LogP contribution < -0.4 is 4.74 Å². The van der Waals surface area contributed by atoms with Crippen molar-refractivity contribution >= 4 is 16.9 Å². The number of hydrogen-bond donors (Lipinski definition) is 2. The van der Waals surface area contributed by atoms with Crippen LogP contribution >= 0.6 is 11.8 Å². The summed E-state index contributed by atoms with van der Waals surface area (Å²) in [5, 5.41) is 19.7. The van der Waals surface area contributed by atoms with Gasteiger partial charge in [-0.1, -0.05) is 37.7 Å². The molecule has 1 rings (SSSR count). The van der Waals surface area contributed by atoms with E-state index in [2.05, 4.69) is 13.8 Å². The fourth-order valence-electron chi connectivity index (χ4n) is 1.54. The summed E-state index contributed by atoms with van der Waals surface area (Å²) in [6.07, 6.45) is -1.97. The molecule has 0 aromatic heterocycles. The molecule has 20 heavy (non-hydrogen) atoms. The third kappa shape index (κ3) is 5.94. The van der Waals surface area contributed by atoms with Crippen LogP contribution in [0.5, 0.6) is 5.75 Å². The Morgan fingerprint density at radius 2 is 1.85 bits per heavy atom. The smallest absolute Gasteiger partial charge is 0.185 e. The van der Waals surface area contributed by atoms with Crippen LogP contribution in [0.15, 0.2) is 24.3 Å². The molecule has 0 saturated heterocycles. The number of hydrogen-bond acceptors (Lipinski definition) is 5. The predicted molar refractivity (Wildman–Crippen MR) is 80.9 cm³/mol. The minimum Gasteiger partial charge on any atom is -0.493 e. The summed E-state index contributed by atoms with van der Waals surface area (Å²) in [5.41, 5.74) is 0.610. The van der Waals surface area contributed by atoms with Crippen molar-refractivity contribution in [1.29, 1.82) is 0 Å². The van der Waals surface area contributed by atoms with Gasteiger partial charge in [0.05, 0.1) is 12.7 Å². The number of aliphatic hydroxyl groups excluding tert-OH is 2. The first-order valence-electron chi connectivity index (χ1n) is 6.62. The lowest BCUT2D eigenvalue weighted by Crippen LogP contribution is -2.21. The molecule has 112 valence electrons. The van der Waals surface area contributed by atoms with Crippen molar-refractivity contribution in [2.75, 3.05) is 12.4 Å². The van der Waals surface area contributed by atoms with Crippen LogP contribution in [0.25, 0.3) is 0 Å². The van der Waals surface area contributed by atoms with Gasteiger partial charge in [-0.25, -0.2) is 0 Å². The maximum atomic E-state index is 10.8. The number of carbonyl (C=O) groups excluding carboxylic acids is 1. The quantitative estimate of drug-likeness (QED) is 0.809. The lowest BCUT2D eigenvalue weighted by atomic mass is 10.1. The monoisotopic (exact) mass is 298 g/mol. The van der Waals surface area contributed by atoms with Crippen molar-refractivity contribution in [3.8, 4) is 5.75 Å². The SMILES string of the molecule is CC(=O)SCC(O)C(O)c1ccc(OCC(C)C)cc1. The molecule has 0 bridgehead atoms. The third-order valence-corrected chi connectivity index (χ3v) is 3.54. The minimum absolute atomic E-state index is 0.0753. The zero-order valence-corrected chi connectivity index (χ0v) is 12.9. The number of benzene rings is 1. The maximum Gasteiger partial charge on any atom is 0.185 e. The van der Waals surface area contributed by atoms with Crippen molar-refractivity contribution in [2.45, 2.75) is 33.0 Å². The van der Waals surface area contributed by atoms with Gasteiger partial charge in [0.1, 0.15) is 11.9 Å². The lowest BCUT2D eigenvalue weighted by Gasteiger charge is -2.17. The van der Waals surface area contributed by atoms with Gasteiger partial charge in [0.2, 0.25) is 0 Å². The van der Waals surface area contributed by atoms with Crippen molar-refractivity contribution in [1.82, 2.24) is 0 Å². The molecule has 2 unspecified atom stereocenters. The van der Waals surface area contributed by atoms with Crippen LogP contribution in [0.4, 0.5) is 0 Å². The summed E-state index contributed by atoms with van der Waals surface area (Å²) in [6, 6.07) is 6.99. The second-order valence-electron chi connectivity index (χ2n) is 5.09. The highest BCUT2D eigenvalue weighted by Gasteiger charge is 2.19. The molecule has 4 nitrogen and oxygen atoms in total. The molecular weight excluding hydrogens is 276 g/mol. The molecule has 0 saturated carbocycles. The minimum atomic E-state index is -0.999. The average molecular weight is 298 g/mol. The van der Waals surface area contributed by atoms with Crippen LogP contribution in [0.1, 0.15) is 32.4 Å². The first kappa shape index (κ1) is 17.0. The Morgan fingerprint density at radius 1 is 1.25 bits per heavy atom. The normalized spacial score (nSPS) is 14.1. The van der Waals surface area contributed by atoms with Crippen molar-refractivity contribution in [2.24, 2.45) is 5.92 Å². The van der Waals surface area contributed by atoms with Crippen LogP contribution in [0.2, 0.25) is 0 Å². The van der Waals surface area contributed by atoms with Gasteiger partial charge in [0.15, 0.2) is 5.12 Å². The molecule has 0 heterocycles. The van der Waals surface area contributed by atoms with Gasteiger partial charge in [-0.3, -0.25) is 4.79 Å². The molecule has 2 atom stereocenters. The standard InChI is InChI=1S/C15H22O4S/c1-10(2)8-19-13-6-4-12(5-7-13)15(18)14(17)9-20-11(3)16/h4-7,10,14-15,17-18H,8-9H2,1-3H3. The Morgan fingerprint density at radius 3 is 2.35 bits per heavy atom. The topological polar surface area (TPSA) is 66.8 Å². The second kappa shape index (κ2) is 8.29. The van der Waals surface area contributed by atoms with Gasteiger partial charge in [-0.05, 0) is 23.6 Å². The Bertz CT molecular complexity index is 416. The number of aliphatic hydroxyl groups is 2. The number of ether oxygens (including phenoxy) is 1. The molecule has 0 amide bonds. The van der Waals surface area contributed by atoms with Gasteiger partial charge < -0.3 is 14.9 Å². The van der Waals surface area contributed by atoms with Crippen molar-refractivity contribution in [3.63, 3.8) is 0 Å². The van der Waals surface area contributed by atoms with Crippen LogP contribution in [-0.4, -0.2) is 33.8 Å². The molecule has 0 fully saturated rings. The predicted octanol–water partition coefficient (Wildman–Crippen LogP) is 2.40. The van der Waals surface area contributed by atoms with E-state index in [9.17, 15) is 15.0 Å². The third-order valence-electron chi connectivity index (χ3n) is 2.63. The summed E-state index contributed by atoms with van der Waals surface area (Å²) in [7, 11) is 0. The fourth-order valence-corrected chi connectivity index (χ4v) is 2.13. The Labute approximate surface area is 124 Å². The first-order chi connectivity index (χ1) is 9.40. The van der Waals surface area contributed by atoms with Crippen LogP contribution in [0.3, 0.4) is 0 Å². The number of rotatable bonds is 7. The Balaban J connectivity index is 2.56. The van der Waals surface area contributed by atoms with Crippen LogP contribution in [0, 0.1) is 5.92 Å². The molecule has 1 aromatic carbocycles. The summed E-state index contributed by atoms with van der Waals surface area (Å²) < 4.78 is 5.55. The molecule has 0 radical (unpaired) electrons. The summed E-state index contributed by atoms with van der Waals surface area (Å²) >= 11 is 1.00. The zero-order chi connectivity index (χ0) is 15.1. The van der Waals surface area contributed by atoms with E-state index in [-0.39, 0.29) is 10.9 Å². The lowest BCUT2D eigenvalue weighted by molar-refractivity contribution is -0.109. The molecule has 1 aromatic rings. The zero-order valence-electron chi connectivity index (χ0n) is 12.1. The van der Waals surface area contributed by atoms with E-state index in [0.29, 0.717) is 18.1 Å². The molecule has 2 N–H and O–H groups in total. The largest absolute Gasteiger partial charge is 0.493 e.